The molecule has 0 aliphatic heterocycles. The van der Waals surface area contributed by atoms with Crippen LogP contribution in [0.1, 0.15) is 52.4 Å². The summed E-state index contributed by atoms with van der Waals surface area (Å²) < 4.78 is 5.53. The molecule has 8 nitrogen and oxygen atoms in total. The second-order valence-electron chi connectivity index (χ2n) is 9.09. The fourth-order valence-electron chi connectivity index (χ4n) is 4.93. The molecule has 0 spiro atoms. The smallest absolute Gasteiger partial charge is 0.413 e. The van der Waals surface area contributed by atoms with Crippen LogP contribution in [0.5, 0.6) is 0 Å². The van der Waals surface area contributed by atoms with Crippen LogP contribution in [0.2, 0.25) is 0 Å². The van der Waals surface area contributed by atoms with E-state index in [0.29, 0.717) is 11.4 Å². The summed E-state index contributed by atoms with van der Waals surface area (Å²) in [5.41, 5.74) is 4.19. The number of ether oxygens (including phenoxy) is 1. The average Bonchev–Trinajstić information content (AvgIpc) is 3.42. The minimum Gasteiger partial charge on any atom is -0.481 e. The van der Waals surface area contributed by atoms with Gasteiger partial charge in [0.2, 0.25) is 0 Å². The average molecular weight is 492 g/mol. The Balaban J connectivity index is 1.16. The molecular weight excluding hydrogens is 466 g/mol. The summed E-state index contributed by atoms with van der Waals surface area (Å²) in [7, 11) is 0. The zero-order chi connectivity index (χ0) is 24.4. The van der Waals surface area contributed by atoms with Gasteiger partial charge in [-0.25, -0.2) is 9.78 Å². The molecule has 0 bridgehead atoms. The Bertz CT molecular complexity index is 1240. The van der Waals surface area contributed by atoms with E-state index in [1.165, 1.54) is 6.20 Å². The van der Waals surface area contributed by atoms with Crippen molar-refractivity contribution in [1.29, 1.82) is 0 Å². The Hall–Kier alpha value is -3.72. The number of rotatable bonds is 8. The molecule has 3 aromatic rings. The quantitative estimate of drug-likeness (QED) is 0.413. The van der Waals surface area contributed by atoms with Gasteiger partial charge in [0, 0.05) is 12.5 Å². The number of fused-ring (bicyclic) bond motifs is 3. The summed E-state index contributed by atoms with van der Waals surface area (Å²) in [6, 6.07) is 16.2. The maximum Gasteiger partial charge on any atom is 0.413 e. The summed E-state index contributed by atoms with van der Waals surface area (Å²) in [5, 5.41) is 14.8. The minimum absolute atomic E-state index is 0.0459. The van der Waals surface area contributed by atoms with E-state index in [2.05, 4.69) is 39.9 Å². The Morgan fingerprint density at radius 2 is 1.71 bits per heavy atom. The zero-order valence-corrected chi connectivity index (χ0v) is 19.8. The van der Waals surface area contributed by atoms with Gasteiger partial charge >= 0.3 is 12.1 Å². The van der Waals surface area contributed by atoms with E-state index in [1.54, 1.807) is 0 Å². The van der Waals surface area contributed by atoms with Crippen LogP contribution in [-0.2, 0) is 9.53 Å². The number of carbonyl (C=O) groups excluding carboxylic acids is 2. The van der Waals surface area contributed by atoms with E-state index in [0.717, 1.165) is 52.9 Å². The number of carbonyl (C=O) groups is 3. The monoisotopic (exact) mass is 491 g/mol. The van der Waals surface area contributed by atoms with Gasteiger partial charge in [0.1, 0.15) is 11.5 Å². The molecule has 9 heteroatoms. The van der Waals surface area contributed by atoms with Crippen molar-refractivity contribution in [2.45, 2.75) is 31.6 Å². The van der Waals surface area contributed by atoms with Crippen molar-refractivity contribution in [3.05, 3.63) is 70.7 Å². The molecule has 1 saturated carbocycles. The summed E-state index contributed by atoms with van der Waals surface area (Å²) >= 11 is 1.04. The molecule has 180 valence electrons. The van der Waals surface area contributed by atoms with Crippen molar-refractivity contribution in [1.82, 2.24) is 10.3 Å². The van der Waals surface area contributed by atoms with Crippen LogP contribution in [0.4, 0.5) is 9.93 Å². The lowest BCUT2D eigenvalue weighted by molar-refractivity contribution is -0.141. The SMILES string of the molecule is O=C(O)CC1(CNC(=O)c2cnc(NC(=O)OCC3c4ccccc4-c4ccccc43)s2)CCC1. The summed E-state index contributed by atoms with van der Waals surface area (Å²) in [4.78, 5) is 40.5. The van der Waals surface area contributed by atoms with Crippen LogP contribution < -0.4 is 10.6 Å². The highest BCUT2D eigenvalue weighted by atomic mass is 32.1. The topological polar surface area (TPSA) is 118 Å². The van der Waals surface area contributed by atoms with Crippen molar-refractivity contribution < 1.29 is 24.2 Å². The molecule has 2 amide bonds. The molecule has 5 rings (SSSR count). The van der Waals surface area contributed by atoms with E-state index in [1.807, 2.05) is 24.3 Å². The zero-order valence-electron chi connectivity index (χ0n) is 19.0. The van der Waals surface area contributed by atoms with Gasteiger partial charge in [-0.1, -0.05) is 66.3 Å². The highest BCUT2D eigenvalue weighted by Crippen LogP contribution is 2.45. The molecule has 0 saturated heterocycles. The number of anilines is 1. The van der Waals surface area contributed by atoms with Crippen LogP contribution in [0.25, 0.3) is 11.1 Å². The maximum atomic E-state index is 12.5. The maximum absolute atomic E-state index is 12.5. The Labute approximate surface area is 206 Å². The highest BCUT2D eigenvalue weighted by Gasteiger charge is 2.39. The number of aromatic nitrogens is 1. The van der Waals surface area contributed by atoms with Crippen molar-refractivity contribution in [2.24, 2.45) is 5.41 Å². The summed E-state index contributed by atoms with van der Waals surface area (Å²) in [5.74, 6) is -1.23. The lowest BCUT2D eigenvalue weighted by Gasteiger charge is -2.40. The second kappa shape index (κ2) is 9.50. The largest absolute Gasteiger partial charge is 0.481 e. The number of benzene rings is 2. The van der Waals surface area contributed by atoms with Crippen LogP contribution in [0.15, 0.2) is 54.7 Å². The normalized spacial score (nSPS) is 15.4. The summed E-state index contributed by atoms with van der Waals surface area (Å²) in [6.45, 7) is 0.495. The Morgan fingerprint density at radius 1 is 1.06 bits per heavy atom. The predicted molar refractivity (Wildman–Crippen MR) is 132 cm³/mol. The molecule has 0 unspecified atom stereocenters. The van der Waals surface area contributed by atoms with Gasteiger partial charge in [-0.2, -0.15) is 0 Å². The fraction of sp³-hybridized carbons (Fsp3) is 0.308. The predicted octanol–water partition coefficient (Wildman–Crippen LogP) is 4.88. The molecule has 2 aromatic carbocycles. The number of carboxylic acid groups (broad SMARTS) is 1. The van der Waals surface area contributed by atoms with Gasteiger partial charge in [0.05, 0.1) is 12.6 Å². The minimum atomic E-state index is -0.855. The first-order valence-electron chi connectivity index (χ1n) is 11.5. The van der Waals surface area contributed by atoms with Gasteiger partial charge in [-0.3, -0.25) is 14.9 Å². The molecular formula is C26H25N3O5S. The lowest BCUT2D eigenvalue weighted by atomic mass is 9.66. The molecule has 2 aliphatic rings. The number of nitrogens with one attached hydrogen (secondary N) is 2. The molecule has 0 radical (unpaired) electrons. The molecule has 1 heterocycles. The Morgan fingerprint density at radius 3 is 2.31 bits per heavy atom. The second-order valence-corrected chi connectivity index (χ2v) is 10.1. The van der Waals surface area contributed by atoms with Crippen LogP contribution in [0.3, 0.4) is 0 Å². The third kappa shape index (κ3) is 4.77. The lowest BCUT2D eigenvalue weighted by Crippen LogP contribution is -2.43. The first-order chi connectivity index (χ1) is 16.9. The van der Waals surface area contributed by atoms with E-state index in [9.17, 15) is 14.4 Å². The van der Waals surface area contributed by atoms with Gasteiger partial charge in [0.15, 0.2) is 5.13 Å². The summed E-state index contributed by atoms with van der Waals surface area (Å²) in [6.07, 6.45) is 3.35. The molecule has 1 aromatic heterocycles. The van der Waals surface area contributed by atoms with E-state index in [4.69, 9.17) is 9.84 Å². The van der Waals surface area contributed by atoms with Crippen molar-refractivity contribution in [3.8, 4) is 11.1 Å². The highest BCUT2D eigenvalue weighted by molar-refractivity contribution is 7.17. The first kappa shape index (κ1) is 23.0. The standard InChI is InChI=1S/C26H25N3O5S/c30-22(31)12-26(10-5-11-26)15-28-23(32)21-13-27-24(35-21)29-25(33)34-14-20-18-8-3-1-6-16(18)17-7-2-4-9-19(17)20/h1-4,6-9,13,20H,5,10-12,14-15H2,(H,28,32)(H,30,31)(H,27,29,33). The van der Waals surface area contributed by atoms with Crippen LogP contribution in [0, 0.1) is 5.41 Å². The van der Waals surface area contributed by atoms with Crippen molar-refractivity contribution in [3.63, 3.8) is 0 Å². The van der Waals surface area contributed by atoms with E-state index >= 15 is 0 Å². The molecule has 3 N–H and O–H groups in total. The third-order valence-electron chi connectivity index (χ3n) is 6.85. The van der Waals surface area contributed by atoms with E-state index in [-0.39, 0.29) is 35.4 Å². The van der Waals surface area contributed by atoms with Gasteiger partial charge < -0.3 is 15.2 Å². The molecule has 0 atom stereocenters. The van der Waals surface area contributed by atoms with Crippen LogP contribution in [-0.4, -0.2) is 41.2 Å². The molecule has 2 aliphatic carbocycles. The van der Waals surface area contributed by atoms with Crippen molar-refractivity contribution >= 4 is 34.4 Å². The number of hydrogen-bond acceptors (Lipinski definition) is 6. The number of amides is 2. The van der Waals surface area contributed by atoms with Gasteiger partial charge in [-0.05, 0) is 40.5 Å². The van der Waals surface area contributed by atoms with Crippen LogP contribution >= 0.6 is 11.3 Å². The number of hydrogen-bond donors (Lipinski definition) is 3. The van der Waals surface area contributed by atoms with Gasteiger partial charge in [-0.15, -0.1) is 0 Å². The third-order valence-corrected chi connectivity index (χ3v) is 7.76. The number of aliphatic carboxylic acids is 1. The van der Waals surface area contributed by atoms with E-state index < -0.39 is 12.1 Å². The number of nitrogens with zero attached hydrogens (tertiary/aromatic N) is 1. The van der Waals surface area contributed by atoms with Gasteiger partial charge in [0.25, 0.3) is 5.91 Å². The Kier molecular flexibility index (Phi) is 6.25. The van der Waals surface area contributed by atoms with Crippen molar-refractivity contribution in [2.75, 3.05) is 18.5 Å². The number of thiazole rings is 1. The number of carboxylic acids is 1. The fourth-order valence-corrected chi connectivity index (χ4v) is 5.65. The molecule has 35 heavy (non-hydrogen) atoms. The molecule has 1 fully saturated rings. The first-order valence-corrected chi connectivity index (χ1v) is 12.3.